The van der Waals surface area contributed by atoms with Gasteiger partial charge in [0.15, 0.2) is 0 Å². The number of alkyl halides is 3. The predicted molar refractivity (Wildman–Crippen MR) is 83.1 cm³/mol. The summed E-state index contributed by atoms with van der Waals surface area (Å²) in [4.78, 5) is 11.8. The molecule has 0 saturated carbocycles. The van der Waals surface area contributed by atoms with E-state index in [2.05, 4.69) is 4.74 Å². The molecule has 0 atom stereocenters. The lowest BCUT2D eigenvalue weighted by molar-refractivity contribution is -0.139. The molecule has 0 aliphatic heterocycles. The van der Waals surface area contributed by atoms with Gasteiger partial charge in [0.1, 0.15) is 23.7 Å². The quantitative estimate of drug-likeness (QED) is 0.573. The van der Waals surface area contributed by atoms with Crippen LogP contribution in [0.2, 0.25) is 0 Å². The molecule has 1 rings (SSSR count). The number of rotatable bonds is 7. The van der Waals surface area contributed by atoms with Crippen molar-refractivity contribution in [3.63, 3.8) is 0 Å². The van der Waals surface area contributed by atoms with Crippen molar-refractivity contribution in [2.75, 3.05) is 12.4 Å². The van der Waals surface area contributed by atoms with Crippen LogP contribution in [-0.4, -0.2) is 36.9 Å². The fraction of sp³-hybridized carbons (Fsp3) is 0.533. The van der Waals surface area contributed by atoms with Gasteiger partial charge in [-0.25, -0.2) is 4.79 Å². The average molecular weight is 384 g/mol. The van der Waals surface area contributed by atoms with Gasteiger partial charge >= 0.3 is 12.1 Å². The van der Waals surface area contributed by atoms with Gasteiger partial charge in [0.25, 0.3) is 10.1 Å². The van der Waals surface area contributed by atoms with Gasteiger partial charge in [0, 0.05) is 0 Å². The molecule has 0 aliphatic carbocycles. The maximum atomic E-state index is 13.1. The maximum absolute atomic E-state index is 13.1. The molecule has 0 radical (unpaired) electrons. The Bertz CT molecular complexity index is 725. The van der Waals surface area contributed by atoms with Gasteiger partial charge < -0.3 is 9.47 Å². The molecule has 25 heavy (non-hydrogen) atoms. The van der Waals surface area contributed by atoms with Crippen LogP contribution in [0.25, 0.3) is 0 Å². The Labute approximate surface area is 143 Å². The first-order valence-corrected chi connectivity index (χ1v) is 8.88. The summed E-state index contributed by atoms with van der Waals surface area (Å²) >= 11 is 0. The molecule has 0 aromatic heterocycles. The average Bonchev–Trinajstić information content (AvgIpc) is 2.44. The lowest BCUT2D eigenvalue weighted by Crippen LogP contribution is -2.28. The molecule has 1 aromatic carbocycles. The van der Waals surface area contributed by atoms with Crippen LogP contribution in [0.4, 0.5) is 13.2 Å². The van der Waals surface area contributed by atoms with Crippen LogP contribution in [0.5, 0.6) is 5.75 Å². The second-order valence-electron chi connectivity index (χ2n) is 5.85. The summed E-state index contributed by atoms with van der Waals surface area (Å²) in [6.45, 7) is 4.31. The van der Waals surface area contributed by atoms with Crippen LogP contribution in [-0.2, 0) is 21.0 Å². The minimum Gasteiger partial charge on any atom is -0.487 e. The highest BCUT2D eigenvalue weighted by atomic mass is 32.2. The molecule has 1 N–H and O–H groups in total. The summed E-state index contributed by atoms with van der Waals surface area (Å²) in [5, 5.41) is 0. The van der Waals surface area contributed by atoms with E-state index in [0.29, 0.717) is 12.5 Å². The number of carbonyl (C=O) groups excluding carboxylic acids is 1. The standard InChI is InChI=1S/C15H19F3O6S/c1-4-14(2,3)24-12-9-10(5-6-11(12)15(16,17)18)13(19)23-7-8-25(20,21)22/h5-6,9H,4,7-8H2,1-3H3,(H,20,21,22). The monoisotopic (exact) mass is 384 g/mol. The van der Waals surface area contributed by atoms with Crippen molar-refractivity contribution < 1.29 is 40.4 Å². The Morgan fingerprint density at radius 1 is 1.24 bits per heavy atom. The Balaban J connectivity index is 3.09. The molecule has 1 aromatic rings. The normalized spacial score (nSPS) is 12.8. The minimum absolute atomic E-state index is 0.231. The SMILES string of the molecule is CCC(C)(C)Oc1cc(C(=O)OCCS(=O)(=O)O)ccc1C(F)(F)F. The first-order valence-electron chi connectivity index (χ1n) is 7.28. The van der Waals surface area contributed by atoms with Crippen molar-refractivity contribution in [2.24, 2.45) is 0 Å². The second-order valence-corrected chi connectivity index (χ2v) is 7.42. The summed E-state index contributed by atoms with van der Waals surface area (Å²) < 4.78 is 79.0. The van der Waals surface area contributed by atoms with Gasteiger partial charge in [0.05, 0.1) is 11.1 Å². The van der Waals surface area contributed by atoms with Crippen LogP contribution in [0.3, 0.4) is 0 Å². The number of benzene rings is 1. The number of hydrogen-bond acceptors (Lipinski definition) is 5. The number of hydrogen-bond donors (Lipinski definition) is 1. The molecule has 0 unspecified atom stereocenters. The van der Waals surface area contributed by atoms with E-state index in [1.807, 2.05) is 0 Å². The van der Waals surface area contributed by atoms with Crippen molar-refractivity contribution in [1.29, 1.82) is 0 Å². The van der Waals surface area contributed by atoms with Gasteiger partial charge in [-0.1, -0.05) is 6.92 Å². The van der Waals surface area contributed by atoms with Gasteiger partial charge in [-0.3, -0.25) is 4.55 Å². The molecule has 0 spiro atoms. The third-order valence-electron chi connectivity index (χ3n) is 3.33. The van der Waals surface area contributed by atoms with E-state index >= 15 is 0 Å². The fourth-order valence-electron chi connectivity index (χ4n) is 1.66. The molecule has 10 heteroatoms. The molecular formula is C15H19F3O6S. The van der Waals surface area contributed by atoms with Crippen LogP contribution >= 0.6 is 0 Å². The van der Waals surface area contributed by atoms with Crippen LogP contribution in [0.1, 0.15) is 43.1 Å². The molecule has 0 amide bonds. The zero-order valence-electron chi connectivity index (χ0n) is 13.9. The van der Waals surface area contributed by atoms with Gasteiger partial charge in [-0.15, -0.1) is 0 Å². The summed E-state index contributed by atoms with van der Waals surface area (Å²) in [6, 6.07) is 2.50. The predicted octanol–water partition coefficient (Wildman–Crippen LogP) is 3.32. The highest BCUT2D eigenvalue weighted by molar-refractivity contribution is 7.85. The lowest BCUT2D eigenvalue weighted by atomic mass is 10.1. The molecule has 0 saturated heterocycles. The van der Waals surface area contributed by atoms with Crippen molar-refractivity contribution >= 4 is 16.1 Å². The first kappa shape index (κ1) is 21.2. The highest BCUT2D eigenvalue weighted by Crippen LogP contribution is 2.38. The Kier molecular flexibility index (Phi) is 6.46. The van der Waals surface area contributed by atoms with Crippen LogP contribution in [0.15, 0.2) is 18.2 Å². The van der Waals surface area contributed by atoms with Gasteiger partial charge in [-0.05, 0) is 38.5 Å². The largest absolute Gasteiger partial charge is 0.487 e. The summed E-state index contributed by atoms with van der Waals surface area (Å²) in [5.41, 5.74) is -2.17. The van der Waals surface area contributed by atoms with Crippen LogP contribution < -0.4 is 4.74 Å². The van der Waals surface area contributed by atoms with E-state index in [1.165, 1.54) is 0 Å². The molecule has 0 bridgehead atoms. The maximum Gasteiger partial charge on any atom is 0.419 e. The lowest BCUT2D eigenvalue weighted by Gasteiger charge is -2.27. The molecule has 0 heterocycles. The van der Waals surface area contributed by atoms with Gasteiger partial charge in [-0.2, -0.15) is 21.6 Å². The second kappa shape index (κ2) is 7.61. The van der Waals surface area contributed by atoms with E-state index in [-0.39, 0.29) is 5.56 Å². The van der Waals surface area contributed by atoms with Gasteiger partial charge in [0.2, 0.25) is 0 Å². The van der Waals surface area contributed by atoms with Crippen molar-refractivity contribution in [1.82, 2.24) is 0 Å². The molecule has 6 nitrogen and oxygen atoms in total. The van der Waals surface area contributed by atoms with E-state index < -0.39 is 51.5 Å². The molecular weight excluding hydrogens is 365 g/mol. The fourth-order valence-corrected chi connectivity index (χ4v) is 1.95. The molecule has 0 aliphatic rings. The Morgan fingerprint density at radius 2 is 1.84 bits per heavy atom. The Hall–Kier alpha value is -1.81. The molecule has 142 valence electrons. The van der Waals surface area contributed by atoms with Crippen molar-refractivity contribution in [3.05, 3.63) is 29.3 Å². The number of ether oxygens (including phenoxy) is 2. The zero-order chi connectivity index (χ0) is 19.5. The van der Waals surface area contributed by atoms with E-state index in [9.17, 15) is 26.4 Å². The zero-order valence-corrected chi connectivity index (χ0v) is 14.7. The van der Waals surface area contributed by atoms with E-state index in [1.54, 1.807) is 20.8 Å². The summed E-state index contributed by atoms with van der Waals surface area (Å²) in [6.07, 6.45) is -4.25. The topological polar surface area (TPSA) is 89.9 Å². The third-order valence-corrected chi connectivity index (χ3v) is 4.02. The smallest absolute Gasteiger partial charge is 0.419 e. The Morgan fingerprint density at radius 3 is 2.32 bits per heavy atom. The van der Waals surface area contributed by atoms with E-state index in [0.717, 1.165) is 12.1 Å². The van der Waals surface area contributed by atoms with E-state index in [4.69, 9.17) is 9.29 Å². The minimum atomic E-state index is -4.67. The van der Waals surface area contributed by atoms with Crippen molar-refractivity contribution in [3.8, 4) is 5.75 Å². The van der Waals surface area contributed by atoms with Crippen molar-refractivity contribution in [2.45, 2.75) is 39.0 Å². The summed E-state index contributed by atoms with van der Waals surface area (Å²) in [5.74, 6) is -2.37. The number of esters is 1. The molecule has 0 fully saturated rings. The first-order chi connectivity index (χ1) is 11.2. The number of halogens is 3. The third kappa shape index (κ3) is 6.91. The highest BCUT2D eigenvalue weighted by Gasteiger charge is 2.36. The number of carbonyl (C=O) groups is 1. The summed E-state index contributed by atoms with van der Waals surface area (Å²) in [7, 11) is -4.31. The van der Waals surface area contributed by atoms with Crippen LogP contribution in [0, 0.1) is 0 Å².